The fourth-order valence-electron chi connectivity index (χ4n) is 5.17. The van der Waals surface area contributed by atoms with Gasteiger partial charge in [-0.1, -0.05) is 0 Å². The number of halogens is 5. The number of hydrogen-bond donors (Lipinski definition) is 1. The number of carbonyl (C=O) groups excluding carboxylic acids is 1. The van der Waals surface area contributed by atoms with Crippen LogP contribution in [0.1, 0.15) is 84.6 Å². The second-order valence-corrected chi connectivity index (χ2v) is 9.52. The molecule has 0 aliphatic heterocycles. The lowest BCUT2D eigenvalue weighted by atomic mass is 9.74. The van der Waals surface area contributed by atoms with Crippen molar-refractivity contribution >= 4 is 5.97 Å². The van der Waals surface area contributed by atoms with E-state index >= 15 is 0 Å². The fourth-order valence-corrected chi connectivity index (χ4v) is 5.17. The highest BCUT2D eigenvalue weighted by Crippen LogP contribution is 2.49. The summed E-state index contributed by atoms with van der Waals surface area (Å²) in [4.78, 5) is 32.3. The molecule has 2 aromatic heterocycles. The van der Waals surface area contributed by atoms with Gasteiger partial charge in [0.05, 0.1) is 18.2 Å². The highest BCUT2D eigenvalue weighted by Gasteiger charge is 2.47. The number of ether oxygens (including phenoxy) is 1. The molecule has 2 aromatic rings. The molecule has 35 heavy (non-hydrogen) atoms. The van der Waals surface area contributed by atoms with E-state index in [2.05, 4.69) is 9.97 Å². The van der Waals surface area contributed by atoms with Crippen molar-refractivity contribution < 1.29 is 31.5 Å². The third kappa shape index (κ3) is 5.26. The summed E-state index contributed by atoms with van der Waals surface area (Å²) in [6, 6.07) is 2.96. The number of aromatic amines is 1. The Morgan fingerprint density at radius 1 is 1.14 bits per heavy atom. The van der Waals surface area contributed by atoms with E-state index in [4.69, 9.17) is 4.74 Å². The van der Waals surface area contributed by atoms with Crippen LogP contribution in [0, 0.1) is 12.8 Å². The number of nitrogens with one attached hydrogen (secondary N) is 1. The quantitative estimate of drug-likeness (QED) is 0.390. The van der Waals surface area contributed by atoms with E-state index < -0.39 is 35.3 Å². The van der Waals surface area contributed by atoms with Crippen LogP contribution in [-0.4, -0.2) is 34.6 Å². The summed E-state index contributed by atoms with van der Waals surface area (Å²) in [6.07, 6.45) is -2.87. The van der Waals surface area contributed by atoms with Gasteiger partial charge in [-0.25, -0.2) is 13.6 Å². The van der Waals surface area contributed by atoms with Crippen molar-refractivity contribution in [1.82, 2.24) is 9.97 Å². The Kier molecular flexibility index (Phi) is 6.76. The van der Waals surface area contributed by atoms with Crippen LogP contribution in [0.3, 0.4) is 0 Å². The number of aryl methyl sites for hydroxylation is 1. The molecular formula is C25H27F5N2O3. The molecule has 0 radical (unpaired) electrons. The lowest BCUT2D eigenvalue weighted by molar-refractivity contribution is -0.182. The smallest absolute Gasteiger partial charge is 0.391 e. The summed E-state index contributed by atoms with van der Waals surface area (Å²) in [7, 11) is 0. The number of esters is 1. The minimum absolute atomic E-state index is 0.0237. The number of aromatic nitrogens is 2. The molecule has 2 fully saturated rings. The van der Waals surface area contributed by atoms with Crippen molar-refractivity contribution in [3.05, 3.63) is 51.1 Å². The standard InChI is InChI=1S/C25H27F5N2O3/c1-3-35-23(34)22-13(2)32-20(9-21(22)33)18-12-31-19(15-10-24(26,27)11-15)8-17(18)14-4-6-16(7-5-14)25(28,29)30/h8-9,12,14-16H,3-7,10-11H2,1-2H3,(H,32,33). The van der Waals surface area contributed by atoms with Crippen molar-refractivity contribution in [2.24, 2.45) is 5.92 Å². The molecule has 4 rings (SSSR count). The van der Waals surface area contributed by atoms with Gasteiger partial charge in [0, 0.05) is 48.0 Å². The lowest BCUT2D eigenvalue weighted by Crippen LogP contribution is -2.34. The minimum Gasteiger partial charge on any atom is -0.462 e. The Morgan fingerprint density at radius 2 is 1.80 bits per heavy atom. The van der Waals surface area contributed by atoms with E-state index in [1.807, 2.05) is 0 Å². The molecular weight excluding hydrogens is 471 g/mol. The molecule has 190 valence electrons. The summed E-state index contributed by atoms with van der Waals surface area (Å²) in [5, 5.41) is 0. The van der Waals surface area contributed by atoms with Gasteiger partial charge < -0.3 is 9.72 Å². The van der Waals surface area contributed by atoms with Crippen molar-refractivity contribution in [3.63, 3.8) is 0 Å². The van der Waals surface area contributed by atoms with Crippen LogP contribution in [0.25, 0.3) is 11.3 Å². The largest absolute Gasteiger partial charge is 0.462 e. The van der Waals surface area contributed by atoms with Gasteiger partial charge in [0.1, 0.15) is 5.56 Å². The maximum Gasteiger partial charge on any atom is 0.391 e. The number of alkyl halides is 5. The summed E-state index contributed by atoms with van der Waals surface area (Å²) in [5.41, 5.74) is 1.67. The molecule has 2 heterocycles. The molecule has 2 saturated carbocycles. The molecule has 0 bridgehead atoms. The number of H-pyrrole nitrogens is 1. The predicted molar refractivity (Wildman–Crippen MR) is 119 cm³/mol. The first-order chi connectivity index (χ1) is 16.4. The third-order valence-electron chi connectivity index (χ3n) is 7.08. The van der Waals surface area contributed by atoms with E-state index in [9.17, 15) is 31.5 Å². The molecule has 0 atom stereocenters. The lowest BCUT2D eigenvalue weighted by Gasteiger charge is -2.35. The average molecular weight is 498 g/mol. The zero-order valence-electron chi connectivity index (χ0n) is 19.5. The van der Waals surface area contributed by atoms with Gasteiger partial charge in [-0.2, -0.15) is 13.2 Å². The van der Waals surface area contributed by atoms with Crippen molar-refractivity contribution in [3.8, 4) is 11.3 Å². The number of nitrogens with zero attached hydrogens (tertiary/aromatic N) is 1. The predicted octanol–water partition coefficient (Wildman–Crippen LogP) is 6.27. The zero-order chi connectivity index (χ0) is 25.5. The second-order valence-electron chi connectivity index (χ2n) is 9.52. The van der Waals surface area contributed by atoms with Crippen LogP contribution in [-0.2, 0) is 4.74 Å². The first-order valence-electron chi connectivity index (χ1n) is 11.8. The Balaban J connectivity index is 1.72. The van der Waals surface area contributed by atoms with Gasteiger partial charge >= 0.3 is 12.1 Å². The summed E-state index contributed by atoms with van der Waals surface area (Å²) < 4.78 is 71.5. The van der Waals surface area contributed by atoms with Crippen molar-refractivity contribution in [2.75, 3.05) is 6.61 Å². The van der Waals surface area contributed by atoms with Crippen LogP contribution < -0.4 is 5.43 Å². The maximum absolute atomic E-state index is 13.5. The zero-order valence-corrected chi connectivity index (χ0v) is 19.5. The molecule has 0 aromatic carbocycles. The Hall–Kier alpha value is -2.78. The van der Waals surface area contributed by atoms with Gasteiger partial charge in [0.25, 0.3) is 0 Å². The van der Waals surface area contributed by atoms with Gasteiger partial charge in [-0.3, -0.25) is 9.78 Å². The third-order valence-corrected chi connectivity index (χ3v) is 7.08. The molecule has 0 amide bonds. The number of hydrogen-bond acceptors (Lipinski definition) is 4. The number of carbonyl (C=O) groups is 1. The van der Waals surface area contributed by atoms with Crippen LogP contribution in [0.15, 0.2) is 23.1 Å². The summed E-state index contributed by atoms with van der Waals surface area (Å²) in [5.74, 6) is -5.50. The van der Waals surface area contributed by atoms with Gasteiger partial charge in [0.2, 0.25) is 5.92 Å². The van der Waals surface area contributed by atoms with E-state index in [1.165, 1.54) is 12.3 Å². The van der Waals surface area contributed by atoms with Crippen LogP contribution in [0.2, 0.25) is 0 Å². The average Bonchev–Trinajstić information content (AvgIpc) is 2.76. The van der Waals surface area contributed by atoms with Crippen molar-refractivity contribution in [1.29, 1.82) is 0 Å². The van der Waals surface area contributed by atoms with Crippen LogP contribution >= 0.6 is 0 Å². The van der Waals surface area contributed by atoms with Gasteiger partial charge in [-0.15, -0.1) is 0 Å². The highest BCUT2D eigenvalue weighted by molar-refractivity contribution is 5.90. The SMILES string of the molecule is CCOC(=O)c1c(C)[nH]c(-c2cnc(C3CC(F)(F)C3)cc2C2CCC(C(F)(F)F)CC2)cc1=O. The Labute approximate surface area is 199 Å². The van der Waals surface area contributed by atoms with E-state index in [0.717, 1.165) is 0 Å². The van der Waals surface area contributed by atoms with E-state index in [-0.39, 0.29) is 56.6 Å². The molecule has 1 N–H and O–H groups in total. The first-order valence-corrected chi connectivity index (χ1v) is 11.8. The molecule has 10 heteroatoms. The summed E-state index contributed by atoms with van der Waals surface area (Å²) in [6.45, 7) is 3.29. The highest BCUT2D eigenvalue weighted by atomic mass is 19.4. The van der Waals surface area contributed by atoms with E-state index in [0.29, 0.717) is 28.2 Å². The van der Waals surface area contributed by atoms with Crippen molar-refractivity contribution in [2.45, 2.75) is 76.3 Å². The maximum atomic E-state index is 13.5. The molecule has 0 spiro atoms. The van der Waals surface area contributed by atoms with Gasteiger partial charge in [0.15, 0.2) is 5.43 Å². The number of pyridine rings is 2. The molecule has 0 unspecified atom stereocenters. The Morgan fingerprint density at radius 3 is 2.34 bits per heavy atom. The molecule has 2 aliphatic carbocycles. The van der Waals surface area contributed by atoms with Crippen LogP contribution in [0.5, 0.6) is 0 Å². The molecule has 0 saturated heterocycles. The monoisotopic (exact) mass is 498 g/mol. The first kappa shape index (κ1) is 25.3. The molecule has 5 nitrogen and oxygen atoms in total. The summed E-state index contributed by atoms with van der Waals surface area (Å²) >= 11 is 0. The fraction of sp³-hybridized carbons (Fsp3) is 0.560. The minimum atomic E-state index is -4.25. The van der Waals surface area contributed by atoms with E-state index in [1.54, 1.807) is 19.9 Å². The normalized spacial score (nSPS) is 22.5. The second kappa shape index (κ2) is 9.35. The number of rotatable bonds is 5. The topological polar surface area (TPSA) is 72.1 Å². The Bertz CT molecular complexity index is 1160. The van der Waals surface area contributed by atoms with Crippen LogP contribution in [0.4, 0.5) is 22.0 Å². The molecule has 2 aliphatic rings. The van der Waals surface area contributed by atoms with Gasteiger partial charge in [-0.05, 0) is 57.1 Å².